The molecule has 0 amide bonds. The molecule has 1 rings (SSSR count). The summed E-state index contributed by atoms with van der Waals surface area (Å²) in [5, 5.41) is 1.98. The summed E-state index contributed by atoms with van der Waals surface area (Å²) < 4.78 is 0.167. The molecule has 0 saturated heterocycles. The van der Waals surface area contributed by atoms with Gasteiger partial charge in [0, 0.05) is 4.75 Å². The van der Waals surface area contributed by atoms with Gasteiger partial charge in [-0.3, -0.25) is 4.79 Å². The molecule has 0 aliphatic rings. The van der Waals surface area contributed by atoms with Crippen LogP contribution >= 0.6 is 23.1 Å². The molecule has 3 heteroatoms. The summed E-state index contributed by atoms with van der Waals surface area (Å²) in [6.45, 7) is 8.39. The van der Waals surface area contributed by atoms with Gasteiger partial charge in [-0.25, -0.2) is 0 Å². The summed E-state index contributed by atoms with van der Waals surface area (Å²) in [4.78, 5) is 12.7. The molecule has 0 radical (unpaired) electrons. The highest BCUT2D eigenvalue weighted by Crippen LogP contribution is 2.25. The van der Waals surface area contributed by atoms with Crippen molar-refractivity contribution in [3.8, 4) is 0 Å². The smallest absolute Gasteiger partial charge is 0.182 e. The van der Waals surface area contributed by atoms with Gasteiger partial charge >= 0.3 is 0 Å². The van der Waals surface area contributed by atoms with E-state index in [1.54, 1.807) is 23.1 Å². The molecule has 0 N–H and O–H groups in total. The second-order valence-corrected chi connectivity index (χ2v) is 6.98. The first-order valence-corrected chi connectivity index (χ1v) is 6.48. The summed E-state index contributed by atoms with van der Waals surface area (Å²) >= 11 is 3.25. The van der Waals surface area contributed by atoms with Crippen LogP contribution in [0, 0.1) is 6.92 Å². The van der Waals surface area contributed by atoms with Crippen LogP contribution in [0.1, 0.15) is 36.0 Å². The molecule has 1 aromatic rings. The molecule has 14 heavy (non-hydrogen) atoms. The van der Waals surface area contributed by atoms with Crippen molar-refractivity contribution in [1.29, 1.82) is 0 Å². The molecule has 1 nitrogen and oxygen atoms in total. The van der Waals surface area contributed by atoms with Crippen molar-refractivity contribution in [2.75, 3.05) is 5.75 Å². The van der Waals surface area contributed by atoms with Gasteiger partial charge in [0.05, 0.1) is 10.6 Å². The summed E-state index contributed by atoms with van der Waals surface area (Å²) in [6.07, 6.45) is 0. The predicted octanol–water partition coefficient (Wildman–Crippen LogP) is 3.77. The highest BCUT2D eigenvalue weighted by molar-refractivity contribution is 8.01. The van der Waals surface area contributed by atoms with Gasteiger partial charge in [-0.2, -0.15) is 0 Å². The van der Waals surface area contributed by atoms with E-state index in [0.29, 0.717) is 5.75 Å². The number of carbonyl (C=O) groups excluding carboxylic acids is 1. The van der Waals surface area contributed by atoms with Crippen LogP contribution in [0.15, 0.2) is 11.4 Å². The van der Waals surface area contributed by atoms with Gasteiger partial charge in [-0.1, -0.05) is 20.8 Å². The molecule has 0 aromatic carbocycles. The molecule has 0 aliphatic carbocycles. The third-order valence-electron chi connectivity index (χ3n) is 1.75. The second-order valence-electron chi connectivity index (χ2n) is 4.26. The zero-order valence-electron chi connectivity index (χ0n) is 9.09. The number of thioether (sulfide) groups is 1. The first kappa shape index (κ1) is 11.8. The number of hydrogen-bond donors (Lipinski definition) is 0. The monoisotopic (exact) mass is 228 g/mol. The molecule has 0 aliphatic heterocycles. The number of hydrogen-bond acceptors (Lipinski definition) is 3. The zero-order chi connectivity index (χ0) is 10.8. The van der Waals surface area contributed by atoms with Crippen molar-refractivity contribution in [3.63, 3.8) is 0 Å². The van der Waals surface area contributed by atoms with Crippen molar-refractivity contribution in [1.82, 2.24) is 0 Å². The van der Waals surface area contributed by atoms with Crippen molar-refractivity contribution < 1.29 is 4.79 Å². The minimum Gasteiger partial charge on any atom is -0.292 e. The lowest BCUT2D eigenvalue weighted by Gasteiger charge is -2.16. The Morgan fingerprint density at radius 2 is 2.14 bits per heavy atom. The maximum atomic E-state index is 11.8. The van der Waals surface area contributed by atoms with Crippen LogP contribution < -0.4 is 0 Å². The first-order chi connectivity index (χ1) is 6.40. The fraction of sp³-hybridized carbons (Fsp3) is 0.545. The Hall–Kier alpha value is -0.280. The van der Waals surface area contributed by atoms with E-state index in [0.717, 1.165) is 10.4 Å². The average Bonchev–Trinajstić information content (AvgIpc) is 2.46. The van der Waals surface area contributed by atoms with Crippen LogP contribution in [-0.4, -0.2) is 16.3 Å². The molecule has 0 saturated carbocycles. The zero-order valence-corrected chi connectivity index (χ0v) is 10.7. The fourth-order valence-corrected chi connectivity index (χ4v) is 2.67. The topological polar surface area (TPSA) is 17.1 Å². The van der Waals surface area contributed by atoms with Gasteiger partial charge < -0.3 is 0 Å². The molecule has 1 aromatic heterocycles. The van der Waals surface area contributed by atoms with Gasteiger partial charge in [0.25, 0.3) is 0 Å². The summed E-state index contributed by atoms with van der Waals surface area (Å²) in [7, 11) is 0. The van der Waals surface area contributed by atoms with E-state index in [1.807, 2.05) is 18.4 Å². The maximum absolute atomic E-state index is 11.8. The molecular weight excluding hydrogens is 212 g/mol. The third kappa shape index (κ3) is 3.46. The van der Waals surface area contributed by atoms with E-state index in [9.17, 15) is 4.79 Å². The molecule has 78 valence electrons. The lowest BCUT2D eigenvalue weighted by atomic mass is 10.2. The van der Waals surface area contributed by atoms with Crippen molar-refractivity contribution in [2.24, 2.45) is 0 Å². The van der Waals surface area contributed by atoms with E-state index in [1.165, 1.54) is 0 Å². The van der Waals surface area contributed by atoms with Crippen molar-refractivity contribution >= 4 is 28.9 Å². The fourth-order valence-electron chi connectivity index (χ4n) is 1.01. The van der Waals surface area contributed by atoms with E-state index < -0.39 is 0 Å². The third-order valence-corrected chi connectivity index (χ3v) is 4.08. The molecule has 0 spiro atoms. The number of carbonyl (C=O) groups is 1. The molecular formula is C11H16OS2. The van der Waals surface area contributed by atoms with Crippen LogP contribution in [-0.2, 0) is 0 Å². The average molecular weight is 228 g/mol. The largest absolute Gasteiger partial charge is 0.292 e. The Balaban J connectivity index is 2.56. The van der Waals surface area contributed by atoms with Gasteiger partial charge in [-0.05, 0) is 23.9 Å². The Labute approximate surface area is 93.9 Å². The first-order valence-electron chi connectivity index (χ1n) is 4.61. The lowest BCUT2D eigenvalue weighted by molar-refractivity contribution is 0.102. The van der Waals surface area contributed by atoms with Gasteiger partial charge in [0.2, 0.25) is 0 Å². The Morgan fingerprint density at radius 3 is 2.57 bits per heavy atom. The van der Waals surface area contributed by atoms with Crippen molar-refractivity contribution in [2.45, 2.75) is 32.4 Å². The predicted molar refractivity (Wildman–Crippen MR) is 65.6 cm³/mol. The summed E-state index contributed by atoms with van der Waals surface area (Å²) in [6, 6.07) is 2.00. The van der Waals surface area contributed by atoms with E-state index in [2.05, 4.69) is 20.8 Å². The van der Waals surface area contributed by atoms with Crippen LogP contribution in [0.3, 0.4) is 0 Å². The summed E-state index contributed by atoms with van der Waals surface area (Å²) in [5.74, 6) is 0.850. The summed E-state index contributed by atoms with van der Waals surface area (Å²) in [5.41, 5.74) is 1.11. The quantitative estimate of drug-likeness (QED) is 0.733. The van der Waals surface area contributed by atoms with Gasteiger partial charge in [0.1, 0.15) is 0 Å². The molecule has 0 fully saturated rings. The van der Waals surface area contributed by atoms with Crippen molar-refractivity contribution in [3.05, 3.63) is 21.9 Å². The number of aryl methyl sites for hydroxylation is 1. The maximum Gasteiger partial charge on any atom is 0.182 e. The highest BCUT2D eigenvalue weighted by atomic mass is 32.2. The Kier molecular flexibility index (Phi) is 3.78. The minimum atomic E-state index is 0.167. The highest BCUT2D eigenvalue weighted by Gasteiger charge is 2.16. The Bertz CT molecular complexity index is 320. The lowest BCUT2D eigenvalue weighted by Crippen LogP contribution is -2.12. The van der Waals surface area contributed by atoms with E-state index in [-0.39, 0.29) is 10.5 Å². The number of thiophene rings is 1. The number of ketones is 1. The Morgan fingerprint density at radius 1 is 1.50 bits per heavy atom. The van der Waals surface area contributed by atoms with Gasteiger partial charge in [0.15, 0.2) is 5.78 Å². The molecule has 1 heterocycles. The standard InChI is InChI=1S/C11H16OS2/c1-8-5-6-13-10(8)9(12)7-14-11(2,3)4/h5-6H,7H2,1-4H3. The second kappa shape index (κ2) is 4.49. The molecule has 0 bridgehead atoms. The van der Waals surface area contributed by atoms with Crippen LogP contribution in [0.5, 0.6) is 0 Å². The van der Waals surface area contributed by atoms with E-state index in [4.69, 9.17) is 0 Å². The number of rotatable bonds is 3. The van der Waals surface area contributed by atoms with Crippen LogP contribution in [0.2, 0.25) is 0 Å². The molecule has 0 atom stereocenters. The normalized spacial score (nSPS) is 11.7. The van der Waals surface area contributed by atoms with Gasteiger partial charge in [-0.15, -0.1) is 23.1 Å². The SMILES string of the molecule is Cc1ccsc1C(=O)CSC(C)(C)C. The molecule has 0 unspecified atom stereocenters. The number of Topliss-reactive ketones (excluding diaryl/α,β-unsaturated/α-hetero) is 1. The van der Waals surface area contributed by atoms with Crippen LogP contribution in [0.4, 0.5) is 0 Å². The minimum absolute atomic E-state index is 0.167. The van der Waals surface area contributed by atoms with E-state index >= 15 is 0 Å². The van der Waals surface area contributed by atoms with Crippen LogP contribution in [0.25, 0.3) is 0 Å².